The summed E-state index contributed by atoms with van der Waals surface area (Å²) in [5, 5.41) is 15.3. The van der Waals surface area contributed by atoms with Crippen LogP contribution in [0.15, 0.2) is 30.5 Å². The number of pyridine rings is 1. The number of rotatable bonds is 3. The van der Waals surface area contributed by atoms with E-state index in [1.807, 2.05) is 24.3 Å². The molecule has 1 aromatic carbocycles. The second-order valence-electron chi connectivity index (χ2n) is 5.51. The molecule has 2 N–H and O–H groups in total. The fourth-order valence-electron chi connectivity index (χ4n) is 2.94. The van der Waals surface area contributed by atoms with Crippen LogP contribution in [0.25, 0.3) is 10.9 Å². The number of benzene rings is 1. The summed E-state index contributed by atoms with van der Waals surface area (Å²) in [7, 11) is 0. The van der Waals surface area contributed by atoms with Crippen molar-refractivity contribution in [1.29, 1.82) is 0 Å². The van der Waals surface area contributed by atoms with Crippen LogP contribution in [0.5, 0.6) is 0 Å². The lowest BCUT2D eigenvalue weighted by Gasteiger charge is -2.28. The molecule has 2 unspecified atom stereocenters. The van der Waals surface area contributed by atoms with Gasteiger partial charge in [-0.3, -0.25) is 4.98 Å². The van der Waals surface area contributed by atoms with Crippen molar-refractivity contribution in [2.75, 3.05) is 11.9 Å². The number of hydrogen-bond acceptors (Lipinski definition) is 3. The Balaban J connectivity index is 1.77. The molecule has 4 heteroatoms. The molecule has 20 heavy (non-hydrogen) atoms. The summed E-state index contributed by atoms with van der Waals surface area (Å²) in [5.41, 5.74) is 1.95. The molecular formula is C16H19ClN2O. The number of anilines is 1. The van der Waals surface area contributed by atoms with Crippen LogP contribution in [0, 0.1) is 5.92 Å². The zero-order valence-electron chi connectivity index (χ0n) is 11.3. The average molecular weight is 291 g/mol. The summed E-state index contributed by atoms with van der Waals surface area (Å²) in [6, 6.07) is 7.72. The monoisotopic (exact) mass is 290 g/mol. The summed E-state index contributed by atoms with van der Waals surface area (Å²) in [4.78, 5) is 4.34. The summed E-state index contributed by atoms with van der Waals surface area (Å²) in [6.45, 7) is 0.808. The largest absolute Gasteiger partial charge is 0.393 e. The molecule has 1 aliphatic carbocycles. The molecule has 2 aromatic rings. The van der Waals surface area contributed by atoms with Crippen molar-refractivity contribution in [3.8, 4) is 0 Å². The highest BCUT2D eigenvalue weighted by Gasteiger charge is 2.22. The number of aliphatic hydroxyl groups excluding tert-OH is 1. The Labute approximate surface area is 124 Å². The van der Waals surface area contributed by atoms with Crippen molar-refractivity contribution >= 4 is 28.2 Å². The van der Waals surface area contributed by atoms with Crippen molar-refractivity contribution in [3.05, 3.63) is 35.5 Å². The third-order valence-corrected chi connectivity index (χ3v) is 4.36. The van der Waals surface area contributed by atoms with Gasteiger partial charge in [0.05, 0.1) is 11.6 Å². The third kappa shape index (κ3) is 2.89. The first-order valence-corrected chi connectivity index (χ1v) is 7.58. The number of aliphatic hydroxyl groups is 1. The maximum Gasteiger partial charge on any atom is 0.0737 e. The molecule has 0 bridgehead atoms. The average Bonchev–Trinajstić information content (AvgIpc) is 2.46. The maximum absolute atomic E-state index is 10.0. The van der Waals surface area contributed by atoms with E-state index in [-0.39, 0.29) is 6.10 Å². The van der Waals surface area contributed by atoms with Crippen LogP contribution >= 0.6 is 11.6 Å². The van der Waals surface area contributed by atoms with E-state index in [0.717, 1.165) is 42.4 Å². The Kier molecular flexibility index (Phi) is 4.08. The first-order chi connectivity index (χ1) is 9.74. The molecule has 0 spiro atoms. The van der Waals surface area contributed by atoms with E-state index in [9.17, 15) is 5.11 Å². The van der Waals surface area contributed by atoms with Crippen molar-refractivity contribution < 1.29 is 5.11 Å². The van der Waals surface area contributed by atoms with Crippen LogP contribution < -0.4 is 5.32 Å². The van der Waals surface area contributed by atoms with Gasteiger partial charge in [-0.15, -0.1) is 0 Å². The standard InChI is InChI=1S/C16H19ClN2O/c17-12-5-6-13-14(7-8-18-15(13)9-12)19-10-11-3-1-2-4-16(11)20/h5-9,11,16,20H,1-4,10H2,(H,18,19). The van der Waals surface area contributed by atoms with Crippen LogP contribution in [0.1, 0.15) is 25.7 Å². The van der Waals surface area contributed by atoms with Crippen molar-refractivity contribution in [1.82, 2.24) is 4.98 Å². The molecule has 1 heterocycles. The molecule has 0 saturated heterocycles. The first kappa shape index (κ1) is 13.7. The van der Waals surface area contributed by atoms with E-state index in [0.29, 0.717) is 10.9 Å². The second-order valence-corrected chi connectivity index (χ2v) is 5.95. The Morgan fingerprint density at radius 2 is 2.10 bits per heavy atom. The first-order valence-electron chi connectivity index (χ1n) is 7.20. The summed E-state index contributed by atoms with van der Waals surface area (Å²) >= 11 is 6.00. The normalized spacial score (nSPS) is 22.9. The molecular weight excluding hydrogens is 272 g/mol. The quantitative estimate of drug-likeness (QED) is 0.902. The number of aromatic nitrogens is 1. The van der Waals surface area contributed by atoms with E-state index in [1.54, 1.807) is 6.20 Å². The summed E-state index contributed by atoms with van der Waals surface area (Å²) < 4.78 is 0. The lowest BCUT2D eigenvalue weighted by Crippen LogP contribution is -2.30. The van der Waals surface area contributed by atoms with Crippen LogP contribution in [0.3, 0.4) is 0 Å². The molecule has 106 valence electrons. The van der Waals surface area contributed by atoms with E-state index in [4.69, 9.17) is 11.6 Å². The van der Waals surface area contributed by atoms with Crippen molar-refractivity contribution in [3.63, 3.8) is 0 Å². The van der Waals surface area contributed by atoms with E-state index >= 15 is 0 Å². The van der Waals surface area contributed by atoms with E-state index < -0.39 is 0 Å². The number of halogens is 1. The molecule has 0 radical (unpaired) electrons. The van der Waals surface area contributed by atoms with Crippen LogP contribution in [-0.4, -0.2) is 22.7 Å². The predicted molar refractivity (Wildman–Crippen MR) is 83.2 cm³/mol. The highest BCUT2D eigenvalue weighted by atomic mass is 35.5. The van der Waals surface area contributed by atoms with Gasteiger partial charge in [0.25, 0.3) is 0 Å². The van der Waals surface area contributed by atoms with Crippen LogP contribution in [0.2, 0.25) is 5.02 Å². The second kappa shape index (κ2) is 5.98. The molecule has 0 aliphatic heterocycles. The smallest absolute Gasteiger partial charge is 0.0737 e. The van der Waals surface area contributed by atoms with Gasteiger partial charge in [-0.1, -0.05) is 24.4 Å². The van der Waals surface area contributed by atoms with E-state index in [1.165, 1.54) is 6.42 Å². The molecule has 1 aromatic heterocycles. The van der Waals surface area contributed by atoms with E-state index in [2.05, 4.69) is 10.3 Å². The van der Waals surface area contributed by atoms with Crippen molar-refractivity contribution in [2.24, 2.45) is 5.92 Å². The summed E-state index contributed by atoms with van der Waals surface area (Å²) in [5.74, 6) is 0.347. The van der Waals surface area contributed by atoms with Crippen LogP contribution in [0.4, 0.5) is 5.69 Å². The molecule has 1 fully saturated rings. The SMILES string of the molecule is OC1CCCCC1CNc1ccnc2cc(Cl)ccc12. The predicted octanol–water partition coefficient (Wildman–Crippen LogP) is 3.85. The Hall–Kier alpha value is -1.32. The minimum Gasteiger partial charge on any atom is -0.393 e. The highest BCUT2D eigenvalue weighted by molar-refractivity contribution is 6.31. The molecule has 3 nitrogen and oxygen atoms in total. The Bertz CT molecular complexity index is 602. The topological polar surface area (TPSA) is 45.1 Å². The zero-order valence-corrected chi connectivity index (χ0v) is 12.1. The fraction of sp³-hybridized carbons (Fsp3) is 0.438. The van der Waals surface area contributed by atoms with Gasteiger partial charge < -0.3 is 10.4 Å². The molecule has 0 amide bonds. The van der Waals surface area contributed by atoms with Gasteiger partial charge in [-0.05, 0) is 37.1 Å². The molecule has 1 saturated carbocycles. The number of hydrogen-bond donors (Lipinski definition) is 2. The van der Waals surface area contributed by atoms with Gasteiger partial charge in [0.2, 0.25) is 0 Å². The lowest BCUT2D eigenvalue weighted by molar-refractivity contribution is 0.0763. The number of fused-ring (bicyclic) bond motifs is 1. The highest BCUT2D eigenvalue weighted by Crippen LogP contribution is 2.27. The van der Waals surface area contributed by atoms with Gasteiger partial charge >= 0.3 is 0 Å². The molecule has 2 atom stereocenters. The van der Waals surface area contributed by atoms with Gasteiger partial charge in [-0.2, -0.15) is 0 Å². The maximum atomic E-state index is 10.0. The zero-order chi connectivity index (χ0) is 13.9. The fourth-order valence-corrected chi connectivity index (χ4v) is 3.11. The number of nitrogens with one attached hydrogen (secondary N) is 1. The van der Waals surface area contributed by atoms with Crippen molar-refractivity contribution in [2.45, 2.75) is 31.8 Å². The Morgan fingerprint density at radius 3 is 2.95 bits per heavy atom. The minimum absolute atomic E-state index is 0.168. The Morgan fingerprint density at radius 1 is 1.25 bits per heavy atom. The molecule has 3 rings (SSSR count). The minimum atomic E-state index is -0.168. The third-order valence-electron chi connectivity index (χ3n) is 4.13. The van der Waals surface area contributed by atoms with Gasteiger partial charge in [0.15, 0.2) is 0 Å². The lowest BCUT2D eigenvalue weighted by atomic mass is 9.86. The number of nitrogens with zero attached hydrogens (tertiary/aromatic N) is 1. The summed E-state index contributed by atoms with van der Waals surface area (Å²) in [6.07, 6.45) is 6.02. The van der Waals surface area contributed by atoms with Gasteiger partial charge in [0.1, 0.15) is 0 Å². The van der Waals surface area contributed by atoms with Gasteiger partial charge in [-0.25, -0.2) is 0 Å². The van der Waals surface area contributed by atoms with Gasteiger partial charge in [0, 0.05) is 34.8 Å². The molecule has 1 aliphatic rings. The van der Waals surface area contributed by atoms with Crippen LogP contribution in [-0.2, 0) is 0 Å².